The standard InChI is InChI=1S/C12H22N4O3S/c1-12(2)10-19-7-6-16(12)20(17,18)11-8-14-15(9-11)5-4-13-3/h8-9,13H,4-7,10H2,1-3H3. The Morgan fingerprint density at radius 3 is 2.90 bits per heavy atom. The normalized spacial score (nSPS) is 20.1. The predicted octanol–water partition coefficient (Wildman–Crippen LogP) is -0.0980. The van der Waals surface area contributed by atoms with E-state index in [1.54, 1.807) is 10.9 Å². The van der Waals surface area contributed by atoms with E-state index in [0.717, 1.165) is 6.54 Å². The molecule has 114 valence electrons. The van der Waals surface area contributed by atoms with E-state index in [2.05, 4.69) is 10.4 Å². The molecule has 7 nitrogen and oxygen atoms in total. The molecule has 1 fully saturated rings. The number of rotatable bonds is 5. The highest BCUT2D eigenvalue weighted by atomic mass is 32.2. The zero-order valence-electron chi connectivity index (χ0n) is 12.2. The zero-order valence-corrected chi connectivity index (χ0v) is 13.0. The molecule has 2 rings (SSSR count). The minimum absolute atomic E-state index is 0.239. The van der Waals surface area contributed by atoms with Crippen molar-refractivity contribution in [1.82, 2.24) is 19.4 Å². The number of sulfonamides is 1. The molecule has 2 heterocycles. The van der Waals surface area contributed by atoms with Crippen LogP contribution in [0.4, 0.5) is 0 Å². The fraction of sp³-hybridized carbons (Fsp3) is 0.750. The first-order chi connectivity index (χ1) is 9.38. The summed E-state index contributed by atoms with van der Waals surface area (Å²) in [5.74, 6) is 0. The molecule has 20 heavy (non-hydrogen) atoms. The van der Waals surface area contributed by atoms with Gasteiger partial charge in [-0.15, -0.1) is 0 Å². The Bertz CT molecular complexity index is 553. The molecule has 0 atom stereocenters. The van der Waals surface area contributed by atoms with Gasteiger partial charge in [0.05, 0.1) is 31.5 Å². The molecule has 1 aliphatic heterocycles. The van der Waals surface area contributed by atoms with Crippen LogP contribution < -0.4 is 5.32 Å². The third-order valence-corrected chi connectivity index (χ3v) is 5.42. The van der Waals surface area contributed by atoms with Crippen molar-refractivity contribution in [1.29, 1.82) is 0 Å². The quantitative estimate of drug-likeness (QED) is 0.822. The van der Waals surface area contributed by atoms with Crippen LogP contribution in [0.2, 0.25) is 0 Å². The average molecular weight is 302 g/mol. The minimum atomic E-state index is -3.52. The van der Waals surface area contributed by atoms with Crippen molar-refractivity contribution in [3.8, 4) is 0 Å². The third kappa shape index (κ3) is 3.03. The Morgan fingerprint density at radius 2 is 2.25 bits per heavy atom. The lowest BCUT2D eigenvalue weighted by atomic mass is 10.1. The van der Waals surface area contributed by atoms with E-state index in [1.807, 2.05) is 20.9 Å². The summed E-state index contributed by atoms with van der Waals surface area (Å²) in [5, 5.41) is 7.11. The number of nitrogens with one attached hydrogen (secondary N) is 1. The largest absolute Gasteiger partial charge is 0.378 e. The zero-order chi connectivity index (χ0) is 14.8. The van der Waals surface area contributed by atoms with Crippen molar-refractivity contribution in [3.63, 3.8) is 0 Å². The molecule has 0 bridgehead atoms. The first kappa shape index (κ1) is 15.4. The van der Waals surface area contributed by atoms with Gasteiger partial charge in [-0.1, -0.05) is 0 Å². The van der Waals surface area contributed by atoms with Gasteiger partial charge in [-0.2, -0.15) is 9.40 Å². The Kier molecular flexibility index (Phi) is 4.48. The Hall–Kier alpha value is -0.960. The maximum atomic E-state index is 12.7. The van der Waals surface area contributed by atoms with E-state index in [0.29, 0.717) is 26.3 Å². The fourth-order valence-electron chi connectivity index (χ4n) is 2.24. The van der Waals surface area contributed by atoms with Gasteiger partial charge < -0.3 is 10.1 Å². The van der Waals surface area contributed by atoms with Gasteiger partial charge in [0.2, 0.25) is 10.0 Å². The highest BCUT2D eigenvalue weighted by Gasteiger charge is 2.40. The van der Waals surface area contributed by atoms with Gasteiger partial charge in [0, 0.05) is 19.3 Å². The summed E-state index contributed by atoms with van der Waals surface area (Å²) in [5.41, 5.74) is -0.538. The van der Waals surface area contributed by atoms with Crippen LogP contribution in [0.15, 0.2) is 17.3 Å². The number of hydrogen-bond donors (Lipinski definition) is 1. The van der Waals surface area contributed by atoms with Crippen LogP contribution in [0.25, 0.3) is 0 Å². The van der Waals surface area contributed by atoms with Crippen LogP contribution in [-0.2, 0) is 21.3 Å². The SMILES string of the molecule is CNCCn1cc(S(=O)(=O)N2CCOCC2(C)C)cn1. The Morgan fingerprint density at radius 1 is 1.50 bits per heavy atom. The molecule has 8 heteroatoms. The van der Waals surface area contributed by atoms with Gasteiger partial charge in [0.1, 0.15) is 4.90 Å². The van der Waals surface area contributed by atoms with Crippen LogP contribution in [0.1, 0.15) is 13.8 Å². The molecule has 0 saturated carbocycles. The smallest absolute Gasteiger partial charge is 0.246 e. The number of aromatic nitrogens is 2. The molecule has 0 unspecified atom stereocenters. The van der Waals surface area contributed by atoms with E-state index in [9.17, 15) is 8.42 Å². The van der Waals surface area contributed by atoms with E-state index in [4.69, 9.17) is 4.74 Å². The van der Waals surface area contributed by atoms with Gasteiger partial charge in [0.15, 0.2) is 0 Å². The number of nitrogens with zero attached hydrogens (tertiary/aromatic N) is 3. The van der Waals surface area contributed by atoms with Crippen molar-refractivity contribution in [2.24, 2.45) is 0 Å². The molecule has 1 aromatic heterocycles. The predicted molar refractivity (Wildman–Crippen MR) is 74.9 cm³/mol. The molecule has 1 aromatic rings. The van der Waals surface area contributed by atoms with Gasteiger partial charge >= 0.3 is 0 Å². The van der Waals surface area contributed by atoms with Crippen LogP contribution >= 0.6 is 0 Å². The first-order valence-corrected chi connectivity index (χ1v) is 8.09. The summed E-state index contributed by atoms with van der Waals surface area (Å²) in [6.07, 6.45) is 2.99. The lowest BCUT2D eigenvalue weighted by Gasteiger charge is -2.40. The molecular formula is C12H22N4O3S. The first-order valence-electron chi connectivity index (χ1n) is 6.65. The van der Waals surface area contributed by atoms with Crippen LogP contribution in [-0.4, -0.2) is 61.4 Å². The second kappa shape index (κ2) is 5.80. The van der Waals surface area contributed by atoms with E-state index in [-0.39, 0.29) is 4.90 Å². The van der Waals surface area contributed by atoms with Crippen molar-refractivity contribution in [3.05, 3.63) is 12.4 Å². The Labute approximate surface area is 120 Å². The summed E-state index contributed by atoms with van der Waals surface area (Å²) in [6.45, 7) is 6.32. The van der Waals surface area contributed by atoms with Gasteiger partial charge in [-0.3, -0.25) is 4.68 Å². The topological polar surface area (TPSA) is 76.5 Å². The lowest BCUT2D eigenvalue weighted by Crippen LogP contribution is -2.55. The van der Waals surface area contributed by atoms with Crippen molar-refractivity contribution < 1.29 is 13.2 Å². The lowest BCUT2D eigenvalue weighted by molar-refractivity contribution is -0.00771. The monoisotopic (exact) mass is 302 g/mol. The summed E-state index contributed by atoms with van der Waals surface area (Å²) in [6, 6.07) is 0. The van der Waals surface area contributed by atoms with Crippen LogP contribution in [0.3, 0.4) is 0 Å². The molecule has 0 amide bonds. The summed E-state index contributed by atoms with van der Waals surface area (Å²) < 4.78 is 33.9. The molecule has 1 N–H and O–H groups in total. The minimum Gasteiger partial charge on any atom is -0.378 e. The van der Waals surface area contributed by atoms with Crippen molar-refractivity contribution in [2.75, 3.05) is 33.4 Å². The van der Waals surface area contributed by atoms with Crippen LogP contribution in [0, 0.1) is 0 Å². The fourth-order valence-corrected chi connectivity index (χ4v) is 3.95. The number of morpholine rings is 1. The molecule has 1 aliphatic rings. The van der Waals surface area contributed by atoms with E-state index >= 15 is 0 Å². The number of ether oxygens (including phenoxy) is 1. The highest BCUT2D eigenvalue weighted by molar-refractivity contribution is 7.89. The maximum absolute atomic E-state index is 12.7. The van der Waals surface area contributed by atoms with Crippen molar-refractivity contribution in [2.45, 2.75) is 30.8 Å². The molecular weight excluding hydrogens is 280 g/mol. The van der Waals surface area contributed by atoms with Gasteiger partial charge in [0.25, 0.3) is 0 Å². The highest BCUT2D eigenvalue weighted by Crippen LogP contribution is 2.27. The molecule has 0 aliphatic carbocycles. The summed E-state index contributed by atoms with van der Waals surface area (Å²) in [7, 11) is -1.68. The molecule has 1 saturated heterocycles. The average Bonchev–Trinajstić information content (AvgIpc) is 2.85. The maximum Gasteiger partial charge on any atom is 0.246 e. The molecule has 0 radical (unpaired) electrons. The van der Waals surface area contributed by atoms with Gasteiger partial charge in [-0.05, 0) is 20.9 Å². The number of likely N-dealkylation sites (N-methyl/N-ethyl adjacent to an activating group) is 1. The van der Waals surface area contributed by atoms with E-state index in [1.165, 1.54) is 10.5 Å². The van der Waals surface area contributed by atoms with Crippen molar-refractivity contribution >= 4 is 10.0 Å². The summed E-state index contributed by atoms with van der Waals surface area (Å²) >= 11 is 0. The number of hydrogen-bond acceptors (Lipinski definition) is 5. The second-order valence-electron chi connectivity index (χ2n) is 5.48. The Balaban J connectivity index is 2.23. The summed E-state index contributed by atoms with van der Waals surface area (Å²) in [4.78, 5) is 0.239. The van der Waals surface area contributed by atoms with Crippen LogP contribution in [0.5, 0.6) is 0 Å². The molecule has 0 aromatic carbocycles. The third-order valence-electron chi connectivity index (χ3n) is 3.36. The van der Waals surface area contributed by atoms with E-state index < -0.39 is 15.6 Å². The second-order valence-corrected chi connectivity index (χ2v) is 7.35. The van der Waals surface area contributed by atoms with Gasteiger partial charge in [-0.25, -0.2) is 8.42 Å². The molecule has 0 spiro atoms.